The second-order valence-corrected chi connectivity index (χ2v) is 2.38. The second-order valence-electron chi connectivity index (χ2n) is 1.37. The van der Waals surface area contributed by atoms with Gasteiger partial charge in [0.15, 0.2) is 0 Å². The van der Waals surface area contributed by atoms with Gasteiger partial charge >= 0.3 is 5.97 Å². The summed E-state index contributed by atoms with van der Waals surface area (Å²) >= 11 is 1.46. The molecule has 0 saturated carbocycles. The number of aliphatic carboxylic acids is 1. The summed E-state index contributed by atoms with van der Waals surface area (Å²) in [6.45, 7) is 3.60. The van der Waals surface area contributed by atoms with E-state index in [1.54, 1.807) is 5.41 Å². The number of rotatable bonds is 4. The van der Waals surface area contributed by atoms with Crippen molar-refractivity contribution in [1.82, 2.24) is 0 Å². The molecule has 0 aromatic rings. The minimum absolute atomic E-state index is 0.828. The molecule has 1 radical (unpaired) electrons. The first kappa shape index (κ1) is 8.56. The van der Waals surface area contributed by atoms with Crippen LogP contribution in [0.1, 0.15) is 6.42 Å². The van der Waals surface area contributed by atoms with Gasteiger partial charge in [-0.3, -0.25) is 0 Å². The van der Waals surface area contributed by atoms with E-state index in [0.717, 1.165) is 18.2 Å². The summed E-state index contributed by atoms with van der Waals surface area (Å²) in [4.78, 5) is 9.85. The van der Waals surface area contributed by atoms with Crippen molar-refractivity contribution < 1.29 is 9.90 Å². The van der Waals surface area contributed by atoms with Crippen LogP contribution in [-0.2, 0) is 4.79 Å². The zero-order chi connectivity index (χ0) is 7.11. The molecule has 0 unspecified atom stereocenters. The van der Waals surface area contributed by atoms with Gasteiger partial charge in [-0.15, -0.1) is 11.8 Å². The summed E-state index contributed by atoms with van der Waals surface area (Å²) in [6.07, 6.45) is 1.95. The Bertz CT molecular complexity index is 110. The molecular formula is C6H9O2S. The number of carboxylic acids is 1. The van der Waals surface area contributed by atoms with Crippen molar-refractivity contribution in [3.05, 3.63) is 18.4 Å². The highest BCUT2D eigenvalue weighted by atomic mass is 32.2. The molecule has 0 fully saturated rings. The number of thioether (sulfide) groups is 1. The lowest BCUT2D eigenvalue weighted by molar-refractivity contribution is -0.131. The fraction of sp³-hybridized carbons (Fsp3) is 0.333. The van der Waals surface area contributed by atoms with Gasteiger partial charge in [-0.25, -0.2) is 4.79 Å². The summed E-state index contributed by atoms with van der Waals surface area (Å²) in [5, 5.41) is 9.66. The summed E-state index contributed by atoms with van der Waals surface area (Å²) in [5.74, 6) is -0.0180. The topological polar surface area (TPSA) is 37.3 Å². The summed E-state index contributed by atoms with van der Waals surface area (Å²) in [5.41, 5.74) is 0. The smallest absolute Gasteiger partial charge is 0.328 e. The zero-order valence-corrected chi connectivity index (χ0v) is 5.86. The molecule has 3 heteroatoms. The Labute approximate surface area is 59.0 Å². The van der Waals surface area contributed by atoms with E-state index in [-0.39, 0.29) is 0 Å². The summed E-state index contributed by atoms with van der Waals surface area (Å²) < 4.78 is 0. The number of carbonyl (C=O) groups is 1. The van der Waals surface area contributed by atoms with Crippen molar-refractivity contribution in [2.75, 3.05) is 5.75 Å². The highest BCUT2D eigenvalue weighted by molar-refractivity contribution is 8.02. The van der Waals surface area contributed by atoms with Gasteiger partial charge in [-0.2, -0.15) is 0 Å². The molecular weight excluding hydrogens is 136 g/mol. The summed E-state index contributed by atoms with van der Waals surface area (Å²) in [6, 6.07) is 0. The maximum atomic E-state index is 9.85. The van der Waals surface area contributed by atoms with Crippen molar-refractivity contribution in [1.29, 1.82) is 0 Å². The van der Waals surface area contributed by atoms with E-state index in [4.69, 9.17) is 5.11 Å². The van der Waals surface area contributed by atoms with Crippen LogP contribution in [0, 0.1) is 6.92 Å². The zero-order valence-electron chi connectivity index (χ0n) is 5.04. The number of hydrogen-bond donors (Lipinski definition) is 1. The minimum atomic E-state index is -0.897. The fourth-order valence-electron chi connectivity index (χ4n) is 0.258. The molecule has 0 rings (SSSR count). The van der Waals surface area contributed by atoms with Gasteiger partial charge in [-0.1, -0.05) is 6.92 Å². The molecule has 0 atom stereocenters. The van der Waals surface area contributed by atoms with E-state index in [1.165, 1.54) is 11.8 Å². The van der Waals surface area contributed by atoms with Crippen molar-refractivity contribution >= 4 is 17.7 Å². The maximum Gasteiger partial charge on any atom is 0.328 e. The third kappa shape index (κ3) is 7.56. The molecule has 1 N–H and O–H groups in total. The van der Waals surface area contributed by atoms with E-state index >= 15 is 0 Å². The lowest BCUT2D eigenvalue weighted by Crippen LogP contribution is -1.84. The average molecular weight is 145 g/mol. The van der Waals surface area contributed by atoms with Crippen LogP contribution < -0.4 is 0 Å². The van der Waals surface area contributed by atoms with Gasteiger partial charge in [0.2, 0.25) is 0 Å². The van der Waals surface area contributed by atoms with Crippen molar-refractivity contribution in [3.63, 3.8) is 0 Å². The summed E-state index contributed by atoms with van der Waals surface area (Å²) in [7, 11) is 0. The Hall–Kier alpha value is -0.440. The highest BCUT2D eigenvalue weighted by Gasteiger charge is 1.83. The van der Waals surface area contributed by atoms with Gasteiger partial charge in [-0.05, 0) is 17.6 Å². The molecule has 0 aliphatic carbocycles. The second kappa shape index (κ2) is 5.69. The monoisotopic (exact) mass is 145 g/mol. The van der Waals surface area contributed by atoms with Gasteiger partial charge in [0, 0.05) is 6.08 Å². The lowest BCUT2D eigenvalue weighted by atomic mass is 10.6. The van der Waals surface area contributed by atoms with Crippen LogP contribution >= 0.6 is 11.8 Å². The maximum absolute atomic E-state index is 9.85. The number of hydrogen-bond acceptors (Lipinski definition) is 2. The van der Waals surface area contributed by atoms with E-state index in [1.807, 2.05) is 0 Å². The third-order valence-electron chi connectivity index (χ3n) is 0.569. The Morgan fingerprint density at radius 3 is 2.89 bits per heavy atom. The highest BCUT2D eigenvalue weighted by Crippen LogP contribution is 2.02. The van der Waals surface area contributed by atoms with E-state index in [0.29, 0.717) is 0 Å². The minimum Gasteiger partial charge on any atom is -0.478 e. The molecule has 0 aliphatic heterocycles. The molecule has 0 aliphatic rings. The molecule has 51 valence electrons. The van der Waals surface area contributed by atoms with Crippen LogP contribution in [0.15, 0.2) is 11.5 Å². The first-order valence-corrected chi connectivity index (χ1v) is 3.62. The molecule has 0 amide bonds. The van der Waals surface area contributed by atoms with Crippen molar-refractivity contribution in [3.8, 4) is 0 Å². The van der Waals surface area contributed by atoms with Crippen LogP contribution in [0.25, 0.3) is 0 Å². The number of carboxylic acid groups (broad SMARTS) is 1. The molecule has 0 aromatic heterocycles. The van der Waals surface area contributed by atoms with E-state index in [2.05, 4.69) is 6.92 Å². The predicted octanol–water partition coefficient (Wildman–Crippen LogP) is 1.54. The van der Waals surface area contributed by atoms with Crippen molar-refractivity contribution in [2.45, 2.75) is 6.42 Å². The Morgan fingerprint density at radius 2 is 2.44 bits per heavy atom. The average Bonchev–Trinajstić information content (AvgIpc) is 1.80. The lowest BCUT2D eigenvalue weighted by Gasteiger charge is -1.85. The largest absolute Gasteiger partial charge is 0.478 e. The Morgan fingerprint density at radius 1 is 1.78 bits per heavy atom. The van der Waals surface area contributed by atoms with Gasteiger partial charge in [0.05, 0.1) is 0 Å². The molecule has 0 bridgehead atoms. The van der Waals surface area contributed by atoms with Crippen molar-refractivity contribution in [2.24, 2.45) is 0 Å². The van der Waals surface area contributed by atoms with Gasteiger partial charge in [0.1, 0.15) is 0 Å². The molecule has 0 saturated heterocycles. The Balaban J connectivity index is 3.15. The quantitative estimate of drug-likeness (QED) is 0.481. The SMILES string of the molecule is [CH2]CCSC=CC(=O)O. The van der Waals surface area contributed by atoms with Crippen LogP contribution in [0.4, 0.5) is 0 Å². The Kier molecular flexibility index (Phi) is 5.41. The standard InChI is InChI=1S/C6H9O2S/c1-2-4-9-5-3-6(7)8/h3,5H,1-2,4H2,(H,7,8). The molecule has 0 aromatic carbocycles. The van der Waals surface area contributed by atoms with Crippen LogP contribution in [0.3, 0.4) is 0 Å². The van der Waals surface area contributed by atoms with Crippen LogP contribution in [0.5, 0.6) is 0 Å². The predicted molar refractivity (Wildman–Crippen MR) is 39.2 cm³/mol. The van der Waals surface area contributed by atoms with Crippen LogP contribution in [0.2, 0.25) is 0 Å². The molecule has 2 nitrogen and oxygen atoms in total. The fourth-order valence-corrected chi connectivity index (χ4v) is 0.773. The van der Waals surface area contributed by atoms with E-state index in [9.17, 15) is 4.79 Å². The van der Waals surface area contributed by atoms with Crippen LogP contribution in [-0.4, -0.2) is 16.8 Å². The first-order valence-electron chi connectivity index (χ1n) is 2.57. The third-order valence-corrected chi connectivity index (χ3v) is 1.42. The van der Waals surface area contributed by atoms with Gasteiger partial charge < -0.3 is 5.11 Å². The van der Waals surface area contributed by atoms with Gasteiger partial charge in [0.25, 0.3) is 0 Å². The normalized spacial score (nSPS) is 10.3. The van der Waals surface area contributed by atoms with E-state index < -0.39 is 5.97 Å². The molecule has 0 spiro atoms. The molecule has 0 heterocycles. The molecule has 9 heavy (non-hydrogen) atoms. The first-order chi connectivity index (χ1) is 4.27.